The number of rotatable bonds is 4. The molecule has 0 amide bonds. The van der Waals surface area contributed by atoms with Crippen molar-refractivity contribution in [2.24, 2.45) is 5.92 Å². The minimum absolute atomic E-state index is 0.443. The minimum atomic E-state index is 0.443. The van der Waals surface area contributed by atoms with E-state index in [1.807, 2.05) is 13.1 Å². The molecule has 2 nitrogen and oxygen atoms in total. The van der Waals surface area contributed by atoms with Crippen molar-refractivity contribution in [2.75, 3.05) is 14.2 Å². The molecule has 1 fully saturated rings. The molecule has 3 heteroatoms. The van der Waals surface area contributed by atoms with Crippen molar-refractivity contribution < 1.29 is 4.74 Å². The molecular formula is C13H18BrNO. The van der Waals surface area contributed by atoms with Crippen LogP contribution in [0.25, 0.3) is 0 Å². The zero-order valence-corrected chi connectivity index (χ0v) is 11.4. The van der Waals surface area contributed by atoms with Gasteiger partial charge in [-0.05, 0) is 49.6 Å². The Morgan fingerprint density at radius 1 is 1.44 bits per heavy atom. The van der Waals surface area contributed by atoms with Crippen LogP contribution in [-0.2, 0) is 0 Å². The van der Waals surface area contributed by atoms with Crippen molar-refractivity contribution in [3.63, 3.8) is 0 Å². The Hall–Kier alpha value is -0.540. The first-order chi connectivity index (χ1) is 7.76. The second-order valence-electron chi connectivity index (χ2n) is 4.34. The highest BCUT2D eigenvalue weighted by molar-refractivity contribution is 9.10. The summed E-state index contributed by atoms with van der Waals surface area (Å²) in [5.74, 6) is 1.70. The Morgan fingerprint density at radius 3 is 2.69 bits per heavy atom. The molecule has 0 aliphatic heterocycles. The predicted molar refractivity (Wildman–Crippen MR) is 69.8 cm³/mol. The van der Waals surface area contributed by atoms with E-state index in [0.29, 0.717) is 6.04 Å². The number of ether oxygens (including phenoxy) is 1. The van der Waals surface area contributed by atoms with Crippen molar-refractivity contribution >= 4 is 15.9 Å². The Kier molecular flexibility index (Phi) is 3.87. The predicted octanol–water partition coefficient (Wildman–Crippen LogP) is 3.52. The van der Waals surface area contributed by atoms with E-state index in [2.05, 4.69) is 33.4 Å². The third-order valence-electron chi connectivity index (χ3n) is 3.47. The number of hydrogen-bond acceptors (Lipinski definition) is 2. The first kappa shape index (κ1) is 11.9. The Bertz CT molecular complexity index is 363. The van der Waals surface area contributed by atoms with Crippen molar-refractivity contribution in [1.29, 1.82) is 0 Å². The maximum Gasteiger partial charge on any atom is 0.119 e. The maximum absolute atomic E-state index is 5.29. The highest BCUT2D eigenvalue weighted by Gasteiger charge is 2.28. The van der Waals surface area contributed by atoms with E-state index < -0.39 is 0 Å². The van der Waals surface area contributed by atoms with E-state index in [9.17, 15) is 0 Å². The van der Waals surface area contributed by atoms with Crippen LogP contribution in [0, 0.1) is 5.92 Å². The summed E-state index contributed by atoms with van der Waals surface area (Å²) in [7, 11) is 3.75. The molecule has 1 atom stereocenters. The first-order valence-electron chi connectivity index (χ1n) is 5.77. The monoisotopic (exact) mass is 283 g/mol. The van der Waals surface area contributed by atoms with Gasteiger partial charge < -0.3 is 10.1 Å². The maximum atomic E-state index is 5.29. The van der Waals surface area contributed by atoms with Gasteiger partial charge in [-0.1, -0.05) is 22.4 Å². The van der Waals surface area contributed by atoms with Crippen LogP contribution in [0.1, 0.15) is 30.9 Å². The molecule has 1 aromatic carbocycles. The van der Waals surface area contributed by atoms with E-state index in [1.54, 1.807) is 7.11 Å². The quantitative estimate of drug-likeness (QED) is 0.913. The van der Waals surface area contributed by atoms with Crippen molar-refractivity contribution in [2.45, 2.75) is 25.3 Å². The average Bonchev–Trinajstić information content (AvgIpc) is 2.24. The number of methoxy groups -OCH3 is 1. The van der Waals surface area contributed by atoms with E-state index in [1.165, 1.54) is 29.3 Å². The fourth-order valence-electron chi connectivity index (χ4n) is 2.31. The van der Waals surface area contributed by atoms with Crippen LogP contribution in [0.2, 0.25) is 0 Å². The van der Waals surface area contributed by atoms with Crippen LogP contribution >= 0.6 is 15.9 Å². The molecule has 1 saturated carbocycles. The number of nitrogens with one attached hydrogen (secondary N) is 1. The fraction of sp³-hybridized carbons (Fsp3) is 0.538. The molecule has 0 spiro atoms. The number of halogens is 1. The summed E-state index contributed by atoms with van der Waals surface area (Å²) >= 11 is 3.63. The van der Waals surface area contributed by atoms with Gasteiger partial charge in [0.15, 0.2) is 0 Å². The van der Waals surface area contributed by atoms with Crippen molar-refractivity contribution in [3.8, 4) is 5.75 Å². The average molecular weight is 284 g/mol. The zero-order valence-electron chi connectivity index (χ0n) is 9.79. The summed E-state index contributed by atoms with van der Waals surface area (Å²) in [4.78, 5) is 0. The third kappa shape index (κ3) is 2.25. The lowest BCUT2D eigenvalue weighted by Gasteiger charge is -2.34. The Morgan fingerprint density at radius 2 is 2.19 bits per heavy atom. The molecule has 0 saturated heterocycles. The Labute approximate surface area is 106 Å². The van der Waals surface area contributed by atoms with Gasteiger partial charge in [0.05, 0.1) is 7.11 Å². The van der Waals surface area contributed by atoms with Gasteiger partial charge in [0.1, 0.15) is 5.75 Å². The third-order valence-corrected chi connectivity index (χ3v) is 4.19. The van der Waals surface area contributed by atoms with Gasteiger partial charge in [-0.3, -0.25) is 0 Å². The van der Waals surface area contributed by atoms with Crippen LogP contribution in [-0.4, -0.2) is 14.2 Å². The molecule has 1 N–H and O–H groups in total. The molecule has 1 aromatic rings. The van der Waals surface area contributed by atoms with Gasteiger partial charge >= 0.3 is 0 Å². The van der Waals surface area contributed by atoms with Crippen LogP contribution < -0.4 is 10.1 Å². The van der Waals surface area contributed by atoms with Gasteiger partial charge in [-0.15, -0.1) is 0 Å². The van der Waals surface area contributed by atoms with Crippen LogP contribution in [0.3, 0.4) is 0 Å². The van der Waals surface area contributed by atoms with E-state index in [-0.39, 0.29) is 0 Å². The van der Waals surface area contributed by atoms with Gasteiger partial charge in [0.25, 0.3) is 0 Å². The number of benzene rings is 1. The van der Waals surface area contributed by atoms with Crippen molar-refractivity contribution in [3.05, 3.63) is 28.2 Å². The fourth-order valence-corrected chi connectivity index (χ4v) is 2.80. The van der Waals surface area contributed by atoms with Crippen LogP contribution in [0.15, 0.2) is 22.7 Å². The van der Waals surface area contributed by atoms with Gasteiger partial charge in [-0.25, -0.2) is 0 Å². The molecule has 0 heterocycles. The largest absolute Gasteiger partial charge is 0.497 e. The molecule has 1 aliphatic carbocycles. The summed E-state index contributed by atoms with van der Waals surface area (Å²) in [6, 6.07) is 6.63. The molecular weight excluding hydrogens is 266 g/mol. The lowest BCUT2D eigenvalue weighted by atomic mass is 9.77. The highest BCUT2D eigenvalue weighted by atomic mass is 79.9. The molecule has 0 radical (unpaired) electrons. The molecule has 2 rings (SSSR count). The van der Waals surface area contributed by atoms with Crippen molar-refractivity contribution in [1.82, 2.24) is 5.32 Å². The number of hydrogen-bond donors (Lipinski definition) is 1. The molecule has 0 bridgehead atoms. The summed E-state index contributed by atoms with van der Waals surface area (Å²) in [6.07, 6.45) is 4.02. The minimum Gasteiger partial charge on any atom is -0.497 e. The van der Waals surface area contributed by atoms with Gasteiger partial charge in [-0.2, -0.15) is 0 Å². The normalized spacial score (nSPS) is 17.9. The molecule has 88 valence electrons. The van der Waals surface area contributed by atoms with E-state index in [4.69, 9.17) is 4.74 Å². The standard InChI is InChI=1S/C13H18BrNO/c1-15-13(9-4-3-5-9)11-8-10(16-2)6-7-12(11)14/h6-9,13,15H,3-5H2,1-2H3. The molecule has 0 aromatic heterocycles. The summed E-state index contributed by atoms with van der Waals surface area (Å²) in [5, 5.41) is 3.43. The SMILES string of the molecule is CNC(c1cc(OC)ccc1Br)C1CCC1. The molecule has 16 heavy (non-hydrogen) atoms. The molecule has 1 unspecified atom stereocenters. The van der Waals surface area contributed by atoms with Crippen LogP contribution in [0.4, 0.5) is 0 Å². The Balaban J connectivity index is 2.28. The van der Waals surface area contributed by atoms with Crippen LogP contribution in [0.5, 0.6) is 5.75 Å². The smallest absolute Gasteiger partial charge is 0.119 e. The van der Waals surface area contributed by atoms with E-state index >= 15 is 0 Å². The molecule has 1 aliphatic rings. The summed E-state index contributed by atoms with van der Waals surface area (Å²) < 4.78 is 6.45. The van der Waals surface area contributed by atoms with E-state index in [0.717, 1.165) is 11.7 Å². The van der Waals surface area contributed by atoms with Gasteiger partial charge in [0, 0.05) is 10.5 Å². The zero-order chi connectivity index (χ0) is 11.5. The van der Waals surface area contributed by atoms with Gasteiger partial charge in [0.2, 0.25) is 0 Å². The summed E-state index contributed by atoms with van der Waals surface area (Å²) in [6.45, 7) is 0. The first-order valence-corrected chi connectivity index (χ1v) is 6.56. The lowest BCUT2D eigenvalue weighted by molar-refractivity contribution is 0.238. The second-order valence-corrected chi connectivity index (χ2v) is 5.20. The summed E-state index contributed by atoms with van der Waals surface area (Å²) in [5.41, 5.74) is 1.31. The second kappa shape index (κ2) is 5.19. The topological polar surface area (TPSA) is 21.3 Å². The highest BCUT2D eigenvalue weighted by Crippen LogP contribution is 2.40. The lowest BCUT2D eigenvalue weighted by Crippen LogP contribution is -2.30.